The Morgan fingerprint density at radius 2 is 1.90 bits per heavy atom. The van der Waals surface area contributed by atoms with E-state index in [1.54, 1.807) is 18.2 Å². The van der Waals surface area contributed by atoms with E-state index in [9.17, 15) is 22.7 Å². The highest BCUT2D eigenvalue weighted by molar-refractivity contribution is 7.89. The lowest BCUT2D eigenvalue weighted by Gasteiger charge is -2.36. The molecule has 1 aliphatic heterocycles. The van der Waals surface area contributed by atoms with Crippen molar-refractivity contribution < 1.29 is 27.4 Å². The Morgan fingerprint density at radius 3 is 2.60 bits per heavy atom. The average Bonchev–Trinajstić information content (AvgIpc) is 2.75. The number of carbonyl (C=O) groups is 1. The number of amides is 1. The topological polar surface area (TPSA) is 105 Å². The second-order valence-electron chi connectivity index (χ2n) is 7.15. The molecule has 3 rings (SSSR count). The summed E-state index contributed by atoms with van der Waals surface area (Å²) in [5.74, 6) is -0.935. The van der Waals surface area contributed by atoms with Gasteiger partial charge in [0, 0.05) is 12.1 Å². The first-order valence-corrected chi connectivity index (χ1v) is 11.2. The lowest BCUT2D eigenvalue weighted by molar-refractivity contribution is -0.0891. The van der Waals surface area contributed by atoms with E-state index < -0.39 is 33.9 Å². The van der Waals surface area contributed by atoms with E-state index in [1.165, 1.54) is 30.3 Å². The van der Waals surface area contributed by atoms with Crippen molar-refractivity contribution in [1.29, 1.82) is 0 Å². The predicted molar refractivity (Wildman–Crippen MR) is 109 cm³/mol. The lowest BCUT2D eigenvalue weighted by Crippen LogP contribution is -2.51. The molecule has 0 unspecified atom stereocenters. The molecule has 0 radical (unpaired) electrons. The van der Waals surface area contributed by atoms with Gasteiger partial charge in [0.2, 0.25) is 10.0 Å². The van der Waals surface area contributed by atoms with Gasteiger partial charge in [0.1, 0.15) is 11.9 Å². The molecule has 162 valence electrons. The van der Waals surface area contributed by atoms with Gasteiger partial charge in [-0.2, -0.15) is 0 Å². The van der Waals surface area contributed by atoms with Gasteiger partial charge in [-0.15, -0.1) is 0 Å². The first kappa shape index (κ1) is 22.4. The predicted octanol–water partition coefficient (Wildman–Crippen LogP) is 1.83. The van der Waals surface area contributed by atoms with E-state index >= 15 is 0 Å². The van der Waals surface area contributed by atoms with Crippen LogP contribution in [0, 0.1) is 5.82 Å². The van der Waals surface area contributed by atoms with Crippen LogP contribution in [0.2, 0.25) is 0 Å². The summed E-state index contributed by atoms with van der Waals surface area (Å²) in [7, 11) is -3.58. The molecule has 1 aliphatic rings. The molecular weight excluding hydrogens is 411 g/mol. The van der Waals surface area contributed by atoms with E-state index in [-0.39, 0.29) is 29.7 Å². The standard InChI is InChI=1S/C21H25FN2O5S/c22-16-6-4-5-15(13-16)21(26)24-19-10-9-17(29-20(19)14-25)11-12-23-30(27,28)18-7-2-1-3-8-18/h1-8,13,17,19-20,23,25H,9-12,14H2,(H,24,26)/t17-,19+,20+/m1/s1. The molecule has 1 saturated heterocycles. The Morgan fingerprint density at radius 1 is 1.13 bits per heavy atom. The van der Waals surface area contributed by atoms with Gasteiger partial charge in [0.05, 0.1) is 23.6 Å². The maximum Gasteiger partial charge on any atom is 0.251 e. The first-order valence-electron chi connectivity index (χ1n) is 9.76. The third-order valence-corrected chi connectivity index (χ3v) is 6.49. The van der Waals surface area contributed by atoms with Crippen LogP contribution in [-0.4, -0.2) is 50.8 Å². The number of carbonyl (C=O) groups excluding carboxylic acids is 1. The van der Waals surface area contributed by atoms with Gasteiger partial charge in [-0.3, -0.25) is 4.79 Å². The highest BCUT2D eigenvalue weighted by Crippen LogP contribution is 2.22. The van der Waals surface area contributed by atoms with Crippen LogP contribution >= 0.6 is 0 Å². The van der Waals surface area contributed by atoms with Crippen molar-refractivity contribution in [3.05, 3.63) is 66.0 Å². The van der Waals surface area contributed by atoms with Gasteiger partial charge in [0.15, 0.2) is 0 Å². The number of hydrogen-bond donors (Lipinski definition) is 3. The molecule has 3 atom stereocenters. The SMILES string of the molecule is O=C(N[C@H]1CC[C@H](CCNS(=O)(=O)c2ccccc2)O[C@H]1CO)c1cccc(F)c1. The summed E-state index contributed by atoms with van der Waals surface area (Å²) in [5, 5.41) is 12.4. The molecule has 9 heteroatoms. The summed E-state index contributed by atoms with van der Waals surface area (Å²) in [6, 6.07) is 13.1. The maximum absolute atomic E-state index is 13.3. The zero-order valence-electron chi connectivity index (χ0n) is 16.3. The van der Waals surface area contributed by atoms with E-state index in [2.05, 4.69) is 10.0 Å². The third kappa shape index (κ3) is 5.85. The number of rotatable bonds is 8. The second-order valence-corrected chi connectivity index (χ2v) is 8.91. The number of benzene rings is 2. The molecule has 1 amide bonds. The Hall–Kier alpha value is -2.33. The molecule has 1 fully saturated rings. The Labute approximate surface area is 175 Å². The summed E-state index contributed by atoms with van der Waals surface area (Å²) in [5.41, 5.74) is 0.198. The molecule has 2 aromatic rings. The van der Waals surface area contributed by atoms with Crippen LogP contribution in [0.5, 0.6) is 0 Å². The highest BCUT2D eigenvalue weighted by Gasteiger charge is 2.32. The van der Waals surface area contributed by atoms with Crippen molar-refractivity contribution in [3.63, 3.8) is 0 Å². The Balaban J connectivity index is 1.50. The largest absolute Gasteiger partial charge is 0.394 e. The monoisotopic (exact) mass is 436 g/mol. The van der Waals surface area contributed by atoms with Gasteiger partial charge in [0.25, 0.3) is 5.91 Å². The summed E-state index contributed by atoms with van der Waals surface area (Å²) in [6.45, 7) is -0.0965. The molecule has 2 aromatic carbocycles. The van der Waals surface area contributed by atoms with Gasteiger partial charge in [-0.25, -0.2) is 17.5 Å². The van der Waals surface area contributed by atoms with E-state index in [4.69, 9.17) is 4.74 Å². The number of hydrogen-bond acceptors (Lipinski definition) is 5. The van der Waals surface area contributed by atoms with Crippen molar-refractivity contribution in [2.45, 2.75) is 42.4 Å². The number of nitrogens with one attached hydrogen (secondary N) is 2. The van der Waals surface area contributed by atoms with Crippen LogP contribution < -0.4 is 10.0 Å². The van der Waals surface area contributed by atoms with Gasteiger partial charge < -0.3 is 15.2 Å². The highest BCUT2D eigenvalue weighted by atomic mass is 32.2. The quantitative estimate of drug-likeness (QED) is 0.586. The van der Waals surface area contributed by atoms with Gasteiger partial charge in [-0.1, -0.05) is 24.3 Å². The number of aliphatic hydroxyl groups excluding tert-OH is 1. The van der Waals surface area contributed by atoms with Crippen LogP contribution in [0.25, 0.3) is 0 Å². The smallest absolute Gasteiger partial charge is 0.251 e. The van der Waals surface area contributed by atoms with Gasteiger partial charge >= 0.3 is 0 Å². The van der Waals surface area contributed by atoms with Crippen LogP contribution in [0.4, 0.5) is 4.39 Å². The summed E-state index contributed by atoms with van der Waals surface area (Å²) in [4.78, 5) is 12.5. The molecule has 1 heterocycles. The van der Waals surface area contributed by atoms with Crippen LogP contribution in [0.1, 0.15) is 29.6 Å². The van der Waals surface area contributed by atoms with Crippen molar-refractivity contribution in [2.75, 3.05) is 13.2 Å². The zero-order valence-corrected chi connectivity index (χ0v) is 17.1. The van der Waals surface area contributed by atoms with Crippen LogP contribution in [-0.2, 0) is 14.8 Å². The Bertz CT molecular complexity index is 955. The van der Waals surface area contributed by atoms with E-state index in [0.717, 1.165) is 6.07 Å². The molecule has 0 aliphatic carbocycles. The summed E-state index contributed by atoms with van der Waals surface area (Å²) < 4.78 is 46.2. The van der Waals surface area contributed by atoms with E-state index in [1.807, 2.05) is 0 Å². The number of aliphatic hydroxyl groups is 1. The van der Waals surface area contributed by atoms with Crippen molar-refractivity contribution in [2.24, 2.45) is 0 Å². The number of sulfonamides is 1. The molecule has 0 aromatic heterocycles. The number of ether oxygens (including phenoxy) is 1. The van der Waals surface area contributed by atoms with Gasteiger partial charge in [-0.05, 0) is 49.6 Å². The Kier molecular flexibility index (Phi) is 7.54. The minimum Gasteiger partial charge on any atom is -0.394 e. The summed E-state index contributed by atoms with van der Waals surface area (Å²) in [6.07, 6.45) is 0.725. The van der Waals surface area contributed by atoms with Crippen molar-refractivity contribution in [3.8, 4) is 0 Å². The first-order chi connectivity index (χ1) is 14.4. The fourth-order valence-corrected chi connectivity index (χ4v) is 4.50. The number of halogens is 1. The normalized spacial score (nSPS) is 21.9. The summed E-state index contributed by atoms with van der Waals surface area (Å²) >= 11 is 0. The van der Waals surface area contributed by atoms with E-state index in [0.29, 0.717) is 19.3 Å². The third-order valence-electron chi connectivity index (χ3n) is 5.01. The molecule has 0 bridgehead atoms. The molecule has 30 heavy (non-hydrogen) atoms. The maximum atomic E-state index is 13.3. The van der Waals surface area contributed by atoms with Crippen LogP contribution in [0.3, 0.4) is 0 Å². The minimum absolute atomic E-state index is 0.195. The minimum atomic E-state index is -3.58. The second kappa shape index (κ2) is 10.1. The zero-order chi connectivity index (χ0) is 21.6. The lowest BCUT2D eigenvalue weighted by atomic mass is 9.97. The van der Waals surface area contributed by atoms with Crippen LogP contribution in [0.15, 0.2) is 59.5 Å². The fraction of sp³-hybridized carbons (Fsp3) is 0.381. The molecule has 3 N–H and O–H groups in total. The molecule has 7 nitrogen and oxygen atoms in total. The van der Waals surface area contributed by atoms with Crippen molar-refractivity contribution >= 4 is 15.9 Å². The molecule has 0 spiro atoms. The van der Waals surface area contributed by atoms with Crippen molar-refractivity contribution in [1.82, 2.24) is 10.0 Å². The average molecular weight is 437 g/mol. The molecule has 0 saturated carbocycles. The fourth-order valence-electron chi connectivity index (χ4n) is 3.43. The molecular formula is C21H25FN2O5S.